The van der Waals surface area contributed by atoms with E-state index in [1.165, 1.54) is 16.8 Å². The maximum atomic E-state index is 14.6. The number of carbonyl (C=O) groups is 1. The Labute approximate surface area is 234 Å². The fourth-order valence-electron chi connectivity index (χ4n) is 4.00. The van der Waals surface area contributed by atoms with E-state index in [-0.39, 0.29) is 16.6 Å². The van der Waals surface area contributed by atoms with Crippen LogP contribution in [0.5, 0.6) is 0 Å². The van der Waals surface area contributed by atoms with Crippen molar-refractivity contribution >= 4 is 40.9 Å². The second kappa shape index (κ2) is 11.2. The largest absolute Gasteiger partial charge is 0.478 e. The zero-order valence-corrected chi connectivity index (χ0v) is 22.6. The molecule has 0 unspecified atom stereocenters. The Balaban J connectivity index is 1.84. The number of nitrogens with zero attached hydrogens (tertiary/aromatic N) is 2. The van der Waals surface area contributed by atoms with E-state index in [1.807, 2.05) is 13.8 Å². The van der Waals surface area contributed by atoms with E-state index in [1.54, 1.807) is 18.2 Å². The number of aromatic nitrogens is 2. The van der Waals surface area contributed by atoms with Gasteiger partial charge in [-0.1, -0.05) is 54.9 Å². The summed E-state index contributed by atoms with van der Waals surface area (Å²) in [5.41, 5.74) is -1.27. The molecule has 1 aromatic heterocycles. The quantitative estimate of drug-likeness (QED) is 0.162. The third-order valence-electron chi connectivity index (χ3n) is 6.22. The average Bonchev–Trinajstić information content (AvgIpc) is 3.30. The van der Waals surface area contributed by atoms with Gasteiger partial charge in [-0.15, -0.1) is 0 Å². The SMILES string of the molecule is CC(C)(c1ccc(Cl)c(Cl)c1)c1cnc(SCc2c(F)cc(C(=O)O)cc2F)n1-c1ccc(F)c(C(F)F)c1. The highest BCUT2D eigenvalue weighted by Gasteiger charge is 2.31. The Bertz CT molecular complexity index is 1550. The lowest BCUT2D eigenvalue weighted by atomic mass is 9.81. The Kier molecular flexibility index (Phi) is 8.30. The molecule has 0 bridgehead atoms. The van der Waals surface area contributed by atoms with E-state index in [2.05, 4.69) is 4.98 Å². The number of rotatable bonds is 8. The minimum Gasteiger partial charge on any atom is -0.478 e. The molecule has 0 aliphatic rings. The van der Waals surface area contributed by atoms with Crippen LogP contribution in [0.25, 0.3) is 5.69 Å². The second-order valence-electron chi connectivity index (χ2n) is 9.03. The third-order valence-corrected chi connectivity index (χ3v) is 7.94. The van der Waals surface area contributed by atoms with E-state index in [0.29, 0.717) is 33.4 Å². The Morgan fingerprint density at radius 1 is 1.00 bits per heavy atom. The van der Waals surface area contributed by atoms with Gasteiger partial charge < -0.3 is 5.11 Å². The van der Waals surface area contributed by atoms with Crippen molar-refractivity contribution in [3.05, 3.63) is 110 Å². The zero-order chi connectivity index (χ0) is 28.6. The van der Waals surface area contributed by atoms with Gasteiger partial charge in [-0.25, -0.2) is 31.7 Å². The van der Waals surface area contributed by atoms with Crippen molar-refractivity contribution in [1.82, 2.24) is 9.55 Å². The number of thioether (sulfide) groups is 1. The lowest BCUT2D eigenvalue weighted by Crippen LogP contribution is -2.23. The Hall–Kier alpha value is -3.08. The van der Waals surface area contributed by atoms with Crippen molar-refractivity contribution in [2.24, 2.45) is 0 Å². The maximum Gasteiger partial charge on any atom is 0.335 e. The van der Waals surface area contributed by atoms with E-state index >= 15 is 0 Å². The van der Waals surface area contributed by atoms with E-state index in [9.17, 15) is 26.7 Å². The number of alkyl halides is 2. The highest BCUT2D eigenvalue weighted by Crippen LogP contribution is 2.39. The first-order valence-electron chi connectivity index (χ1n) is 11.3. The molecule has 0 spiro atoms. The topological polar surface area (TPSA) is 55.1 Å². The molecule has 0 amide bonds. The normalized spacial score (nSPS) is 11.8. The van der Waals surface area contributed by atoms with Crippen LogP contribution >= 0.6 is 35.0 Å². The Morgan fingerprint density at radius 3 is 2.26 bits per heavy atom. The fraction of sp³-hybridized carbons (Fsp3) is 0.185. The highest BCUT2D eigenvalue weighted by atomic mass is 35.5. The van der Waals surface area contributed by atoms with Crippen molar-refractivity contribution in [3.63, 3.8) is 0 Å². The van der Waals surface area contributed by atoms with Crippen LogP contribution in [-0.2, 0) is 11.2 Å². The number of benzene rings is 3. The molecule has 4 rings (SSSR count). The molecule has 4 nitrogen and oxygen atoms in total. The first-order valence-corrected chi connectivity index (χ1v) is 13.0. The number of hydrogen-bond acceptors (Lipinski definition) is 3. The van der Waals surface area contributed by atoms with Crippen LogP contribution in [0.15, 0.2) is 59.9 Å². The van der Waals surface area contributed by atoms with Gasteiger partial charge in [0.1, 0.15) is 17.5 Å². The molecule has 12 heteroatoms. The van der Waals surface area contributed by atoms with Gasteiger partial charge in [0.15, 0.2) is 5.16 Å². The summed E-state index contributed by atoms with van der Waals surface area (Å²) in [6.07, 6.45) is -1.61. The van der Waals surface area contributed by atoms with E-state index in [0.717, 1.165) is 23.9 Å². The zero-order valence-electron chi connectivity index (χ0n) is 20.3. The molecule has 0 aliphatic carbocycles. The van der Waals surface area contributed by atoms with Crippen LogP contribution in [0.2, 0.25) is 10.0 Å². The van der Waals surface area contributed by atoms with Crippen LogP contribution in [0.1, 0.15) is 53.0 Å². The maximum absolute atomic E-state index is 14.6. The predicted octanol–water partition coefficient (Wildman–Crippen LogP) is 8.85. The molecule has 0 aliphatic heterocycles. The molecular formula is C27H19Cl2F5N2O2S. The molecule has 204 valence electrons. The summed E-state index contributed by atoms with van der Waals surface area (Å²) >= 11 is 13.2. The molecular weight excluding hydrogens is 582 g/mol. The van der Waals surface area contributed by atoms with Gasteiger partial charge in [-0.3, -0.25) is 4.57 Å². The van der Waals surface area contributed by atoms with Crippen molar-refractivity contribution in [1.29, 1.82) is 0 Å². The van der Waals surface area contributed by atoms with Crippen molar-refractivity contribution in [2.75, 3.05) is 0 Å². The fourth-order valence-corrected chi connectivity index (χ4v) is 5.31. The molecule has 0 atom stereocenters. The smallest absolute Gasteiger partial charge is 0.335 e. The van der Waals surface area contributed by atoms with Crippen molar-refractivity contribution < 1.29 is 31.9 Å². The van der Waals surface area contributed by atoms with Gasteiger partial charge in [0.2, 0.25) is 0 Å². The van der Waals surface area contributed by atoms with Gasteiger partial charge in [-0.2, -0.15) is 0 Å². The second-order valence-corrected chi connectivity index (χ2v) is 10.8. The van der Waals surface area contributed by atoms with Gasteiger partial charge in [0, 0.05) is 22.4 Å². The summed E-state index contributed by atoms with van der Waals surface area (Å²) in [6.45, 7) is 3.66. The molecule has 39 heavy (non-hydrogen) atoms. The van der Waals surface area contributed by atoms with Gasteiger partial charge >= 0.3 is 5.97 Å². The lowest BCUT2D eigenvalue weighted by molar-refractivity contribution is 0.0695. The van der Waals surface area contributed by atoms with Crippen LogP contribution < -0.4 is 0 Å². The lowest BCUT2D eigenvalue weighted by Gasteiger charge is -2.28. The van der Waals surface area contributed by atoms with Gasteiger partial charge in [0.25, 0.3) is 6.43 Å². The van der Waals surface area contributed by atoms with E-state index < -0.39 is 52.0 Å². The Morgan fingerprint density at radius 2 is 1.67 bits per heavy atom. The van der Waals surface area contributed by atoms with Crippen molar-refractivity contribution in [3.8, 4) is 5.69 Å². The number of halogens is 7. The minimum absolute atomic E-state index is 0.150. The van der Waals surface area contributed by atoms with Crippen LogP contribution in [0.3, 0.4) is 0 Å². The minimum atomic E-state index is -3.09. The van der Waals surface area contributed by atoms with E-state index in [4.69, 9.17) is 28.3 Å². The third kappa shape index (κ3) is 5.78. The summed E-state index contributed by atoms with van der Waals surface area (Å²) in [5.74, 6) is -4.99. The molecule has 0 fully saturated rings. The molecule has 0 saturated carbocycles. The standard InChI is InChI=1S/C27H19Cl2F5N2O2S/c1-27(2,14-3-5-18(28)19(29)9-14)23-11-35-26(36(23)15-4-6-20(30)16(10-15)24(33)34)39-12-17-21(31)7-13(25(37)38)8-22(17)32/h3-11,24H,12H2,1-2H3,(H,37,38). The number of carboxylic acids is 1. The van der Waals surface area contributed by atoms with Gasteiger partial charge in [0.05, 0.1) is 33.1 Å². The summed E-state index contributed by atoms with van der Waals surface area (Å²) < 4.78 is 71.9. The molecule has 1 N–H and O–H groups in total. The van der Waals surface area contributed by atoms with Crippen molar-refractivity contribution in [2.45, 2.75) is 36.6 Å². The number of hydrogen-bond donors (Lipinski definition) is 1. The first kappa shape index (κ1) is 28.9. The van der Waals surface area contributed by atoms with Crippen LogP contribution in [0, 0.1) is 17.5 Å². The summed E-state index contributed by atoms with van der Waals surface area (Å²) in [6, 6.07) is 9.61. The molecule has 0 saturated heterocycles. The summed E-state index contributed by atoms with van der Waals surface area (Å²) in [5, 5.41) is 9.83. The molecule has 0 radical (unpaired) electrons. The summed E-state index contributed by atoms with van der Waals surface area (Å²) in [7, 11) is 0. The highest BCUT2D eigenvalue weighted by molar-refractivity contribution is 7.98. The van der Waals surface area contributed by atoms with Crippen LogP contribution in [0.4, 0.5) is 22.0 Å². The average molecular weight is 601 g/mol. The van der Waals surface area contributed by atoms with Crippen LogP contribution in [-0.4, -0.2) is 20.6 Å². The first-order chi connectivity index (χ1) is 18.3. The summed E-state index contributed by atoms with van der Waals surface area (Å²) in [4.78, 5) is 15.5. The van der Waals surface area contributed by atoms with Gasteiger partial charge in [-0.05, 0) is 48.0 Å². The predicted molar refractivity (Wildman–Crippen MR) is 140 cm³/mol. The molecule has 3 aromatic carbocycles. The molecule has 4 aromatic rings. The monoisotopic (exact) mass is 600 g/mol. The molecule has 1 heterocycles. The number of aromatic carboxylic acids is 1. The number of carboxylic acid groups (broad SMARTS) is 1. The number of imidazole rings is 1.